The zero-order chi connectivity index (χ0) is 28.5. The van der Waals surface area contributed by atoms with Gasteiger partial charge in [-0.25, -0.2) is 4.52 Å². The molecule has 1 amide bonds. The van der Waals surface area contributed by atoms with Crippen LogP contribution in [0, 0.1) is 11.8 Å². The highest BCUT2D eigenvalue weighted by Gasteiger charge is 2.20. The van der Waals surface area contributed by atoms with Crippen LogP contribution in [0.2, 0.25) is 0 Å². The SMILES string of the molecule is COc1ccc(Nc2nn3ccc(C(=O)N(CCC(C)C)CCC(C)C)cc3c2CCCN2CCCCC2)cc1. The molecule has 0 saturated carbocycles. The predicted octanol–water partition coefficient (Wildman–Crippen LogP) is 7.04. The van der Waals surface area contributed by atoms with Gasteiger partial charge < -0.3 is 19.9 Å². The maximum Gasteiger partial charge on any atom is 0.253 e. The number of amides is 1. The highest BCUT2D eigenvalue weighted by atomic mass is 16.5. The summed E-state index contributed by atoms with van der Waals surface area (Å²) in [4.78, 5) is 18.4. The van der Waals surface area contributed by atoms with Gasteiger partial charge in [0.25, 0.3) is 5.91 Å². The smallest absolute Gasteiger partial charge is 0.253 e. The molecule has 1 saturated heterocycles. The summed E-state index contributed by atoms with van der Waals surface area (Å²) < 4.78 is 7.25. The third kappa shape index (κ3) is 8.23. The topological polar surface area (TPSA) is 62.1 Å². The van der Waals surface area contributed by atoms with Crippen LogP contribution in [0.15, 0.2) is 42.6 Å². The van der Waals surface area contributed by atoms with Crippen molar-refractivity contribution in [2.24, 2.45) is 11.8 Å². The number of anilines is 2. The van der Waals surface area contributed by atoms with Gasteiger partial charge in [-0.1, -0.05) is 34.1 Å². The molecule has 0 bridgehead atoms. The van der Waals surface area contributed by atoms with Crippen molar-refractivity contribution in [2.45, 2.75) is 72.6 Å². The molecule has 7 nitrogen and oxygen atoms in total. The van der Waals surface area contributed by atoms with E-state index in [9.17, 15) is 4.79 Å². The summed E-state index contributed by atoms with van der Waals surface area (Å²) in [6.45, 7) is 14.0. The van der Waals surface area contributed by atoms with Gasteiger partial charge in [-0.05, 0) is 106 Å². The van der Waals surface area contributed by atoms with Gasteiger partial charge in [0, 0.05) is 36.1 Å². The molecule has 1 aromatic carbocycles. The van der Waals surface area contributed by atoms with Crippen LogP contribution in [0.25, 0.3) is 5.52 Å². The predicted molar refractivity (Wildman–Crippen MR) is 165 cm³/mol. The molecule has 7 heteroatoms. The van der Waals surface area contributed by atoms with Crippen molar-refractivity contribution in [3.63, 3.8) is 0 Å². The monoisotopic (exact) mass is 547 g/mol. The van der Waals surface area contributed by atoms with Crippen molar-refractivity contribution in [1.29, 1.82) is 0 Å². The number of piperidine rings is 1. The molecule has 2 aromatic heterocycles. The number of likely N-dealkylation sites (tertiary alicyclic amines) is 1. The van der Waals surface area contributed by atoms with Gasteiger partial charge in [-0.3, -0.25) is 4.79 Å². The van der Waals surface area contributed by atoms with Gasteiger partial charge in [-0.15, -0.1) is 5.10 Å². The quantitative estimate of drug-likeness (QED) is 0.235. The van der Waals surface area contributed by atoms with E-state index in [1.165, 1.54) is 37.9 Å². The molecular formula is C33H49N5O2. The van der Waals surface area contributed by atoms with E-state index in [0.717, 1.165) is 73.7 Å². The Bertz CT molecular complexity index is 1200. The summed E-state index contributed by atoms with van der Waals surface area (Å²) >= 11 is 0. The third-order valence-corrected chi connectivity index (χ3v) is 7.93. The Kier molecular flexibility index (Phi) is 10.9. The summed E-state index contributed by atoms with van der Waals surface area (Å²) in [6.07, 6.45) is 9.88. The minimum atomic E-state index is 0.119. The molecule has 218 valence electrons. The summed E-state index contributed by atoms with van der Waals surface area (Å²) in [5.41, 5.74) is 3.88. The number of aryl methyl sites for hydroxylation is 1. The lowest BCUT2D eigenvalue weighted by molar-refractivity contribution is 0.0741. The molecule has 40 heavy (non-hydrogen) atoms. The number of ether oxygens (including phenoxy) is 1. The first-order valence-electron chi connectivity index (χ1n) is 15.3. The van der Waals surface area contributed by atoms with E-state index in [4.69, 9.17) is 9.84 Å². The van der Waals surface area contributed by atoms with Crippen LogP contribution >= 0.6 is 0 Å². The van der Waals surface area contributed by atoms with Crippen LogP contribution in [-0.2, 0) is 6.42 Å². The Morgan fingerprint density at radius 2 is 1.68 bits per heavy atom. The number of aromatic nitrogens is 2. The number of benzene rings is 1. The zero-order valence-electron chi connectivity index (χ0n) is 25.3. The first-order valence-corrected chi connectivity index (χ1v) is 15.3. The number of rotatable bonds is 14. The van der Waals surface area contributed by atoms with Crippen molar-refractivity contribution >= 4 is 22.9 Å². The second-order valence-corrected chi connectivity index (χ2v) is 12.1. The number of pyridine rings is 1. The Labute approximate surface area is 240 Å². The minimum Gasteiger partial charge on any atom is -0.497 e. The highest BCUT2D eigenvalue weighted by Crippen LogP contribution is 2.28. The van der Waals surface area contributed by atoms with Gasteiger partial charge in [0.1, 0.15) is 5.75 Å². The Balaban J connectivity index is 1.61. The van der Waals surface area contributed by atoms with Crippen LogP contribution in [0.1, 0.15) is 82.1 Å². The number of carbonyl (C=O) groups is 1. The van der Waals surface area contributed by atoms with Crippen LogP contribution in [0.4, 0.5) is 11.5 Å². The van der Waals surface area contributed by atoms with Crippen LogP contribution < -0.4 is 10.1 Å². The molecular weight excluding hydrogens is 498 g/mol. The van der Waals surface area contributed by atoms with Gasteiger partial charge >= 0.3 is 0 Å². The largest absolute Gasteiger partial charge is 0.497 e. The second-order valence-electron chi connectivity index (χ2n) is 12.1. The van der Waals surface area contributed by atoms with E-state index < -0.39 is 0 Å². The fourth-order valence-electron chi connectivity index (χ4n) is 5.37. The van der Waals surface area contributed by atoms with Gasteiger partial charge in [0.2, 0.25) is 0 Å². The average Bonchev–Trinajstić information content (AvgIpc) is 3.29. The lowest BCUT2D eigenvalue weighted by Gasteiger charge is -2.26. The molecule has 1 N–H and O–H groups in total. The number of hydrogen-bond donors (Lipinski definition) is 1. The van der Waals surface area contributed by atoms with Gasteiger partial charge in [-0.2, -0.15) is 0 Å². The van der Waals surface area contributed by atoms with Crippen molar-refractivity contribution in [3.05, 3.63) is 53.7 Å². The second kappa shape index (κ2) is 14.5. The van der Waals surface area contributed by atoms with Crippen LogP contribution in [-0.4, -0.2) is 65.2 Å². The van der Waals surface area contributed by atoms with Crippen LogP contribution in [0.3, 0.4) is 0 Å². The van der Waals surface area contributed by atoms with Crippen LogP contribution in [0.5, 0.6) is 5.75 Å². The number of methoxy groups -OCH3 is 1. The van der Waals surface area contributed by atoms with E-state index in [1.54, 1.807) is 7.11 Å². The van der Waals surface area contributed by atoms with Gasteiger partial charge in [0.05, 0.1) is 12.6 Å². The molecule has 3 heterocycles. The molecule has 0 aliphatic carbocycles. The molecule has 0 spiro atoms. The van der Waals surface area contributed by atoms with Crippen molar-refractivity contribution in [2.75, 3.05) is 45.2 Å². The number of nitrogens with zero attached hydrogens (tertiary/aromatic N) is 4. The van der Waals surface area contributed by atoms with E-state index in [2.05, 4.69) is 48.9 Å². The van der Waals surface area contributed by atoms with E-state index >= 15 is 0 Å². The fraction of sp³-hybridized carbons (Fsp3) is 0.576. The van der Waals surface area contributed by atoms with Crippen molar-refractivity contribution in [1.82, 2.24) is 19.4 Å². The normalized spacial score (nSPS) is 14.3. The third-order valence-electron chi connectivity index (χ3n) is 7.93. The number of carbonyl (C=O) groups excluding carboxylic acids is 1. The van der Waals surface area contributed by atoms with Crippen molar-refractivity contribution in [3.8, 4) is 5.75 Å². The first kappa shape index (κ1) is 29.9. The average molecular weight is 548 g/mol. The zero-order valence-corrected chi connectivity index (χ0v) is 25.3. The standard InChI is InChI=1S/C33H49N5O2/c1-25(2)15-21-37(22-16-26(3)4)33(39)27-17-23-38-31(24-27)30(10-9-20-36-18-7-6-8-19-36)32(35-38)34-28-11-13-29(40-5)14-12-28/h11-14,17,23-26H,6-10,15-16,18-22H2,1-5H3,(H,34,35). The Morgan fingerprint density at radius 3 is 2.30 bits per heavy atom. The minimum absolute atomic E-state index is 0.119. The molecule has 0 radical (unpaired) electrons. The molecule has 4 rings (SSSR count). The van der Waals surface area contributed by atoms with E-state index in [-0.39, 0.29) is 5.91 Å². The van der Waals surface area contributed by atoms with Gasteiger partial charge in [0.15, 0.2) is 5.82 Å². The number of hydrogen-bond acceptors (Lipinski definition) is 5. The maximum atomic E-state index is 13.8. The summed E-state index contributed by atoms with van der Waals surface area (Å²) in [5, 5.41) is 8.46. The van der Waals surface area contributed by atoms with Crippen molar-refractivity contribution < 1.29 is 9.53 Å². The molecule has 1 fully saturated rings. The molecule has 3 aromatic rings. The summed E-state index contributed by atoms with van der Waals surface area (Å²) in [6, 6.07) is 11.9. The molecule has 1 aliphatic heterocycles. The van der Waals surface area contributed by atoms with E-state index in [1.807, 2.05) is 41.0 Å². The summed E-state index contributed by atoms with van der Waals surface area (Å²) in [7, 11) is 1.68. The molecule has 1 aliphatic rings. The Hall–Kier alpha value is -3.06. The van der Waals surface area contributed by atoms with E-state index in [0.29, 0.717) is 11.8 Å². The number of fused-ring (bicyclic) bond motifs is 1. The highest BCUT2D eigenvalue weighted by molar-refractivity contribution is 5.95. The lowest BCUT2D eigenvalue weighted by atomic mass is 10.1. The lowest BCUT2D eigenvalue weighted by Crippen LogP contribution is -2.34. The first-order chi connectivity index (χ1) is 19.3. The maximum absolute atomic E-state index is 13.8. The summed E-state index contributed by atoms with van der Waals surface area (Å²) in [5.74, 6) is 2.92. The number of nitrogens with one attached hydrogen (secondary N) is 1. The molecule has 0 atom stereocenters. The fourth-order valence-corrected chi connectivity index (χ4v) is 5.37. The molecule has 0 unspecified atom stereocenters. The Morgan fingerprint density at radius 1 is 1.00 bits per heavy atom.